The second-order valence-corrected chi connectivity index (χ2v) is 5.61. The first-order valence-corrected chi connectivity index (χ1v) is 6.93. The normalized spacial score (nSPS) is 19.0. The number of aromatic amines is 1. The van der Waals surface area contributed by atoms with Gasteiger partial charge >= 0.3 is 0 Å². The largest absolute Gasteiger partial charge is 0.341 e. The van der Waals surface area contributed by atoms with Gasteiger partial charge in [0.05, 0.1) is 17.1 Å². The van der Waals surface area contributed by atoms with Crippen LogP contribution < -0.4 is 5.32 Å². The first kappa shape index (κ1) is 11.7. The van der Waals surface area contributed by atoms with Crippen LogP contribution in [-0.2, 0) is 0 Å². The van der Waals surface area contributed by atoms with Crippen LogP contribution in [0.15, 0.2) is 24.3 Å². The lowest BCUT2D eigenvalue weighted by atomic mass is 10.1. The number of para-hydroxylation sites is 2. The molecule has 2 aromatic rings. The number of hydrogen-bond donors (Lipinski definition) is 2. The molecular formula is C15H21N3. The van der Waals surface area contributed by atoms with Crippen molar-refractivity contribution in [3.8, 4) is 0 Å². The van der Waals surface area contributed by atoms with Crippen molar-refractivity contribution in [3.63, 3.8) is 0 Å². The van der Waals surface area contributed by atoms with E-state index in [1.807, 2.05) is 12.1 Å². The fraction of sp³-hybridized carbons (Fsp3) is 0.533. The zero-order valence-electron chi connectivity index (χ0n) is 11.1. The Balaban J connectivity index is 1.68. The Kier molecular flexibility index (Phi) is 3.08. The minimum Gasteiger partial charge on any atom is -0.341 e. The summed E-state index contributed by atoms with van der Waals surface area (Å²) in [7, 11) is 0. The summed E-state index contributed by atoms with van der Waals surface area (Å²) in [6.07, 6.45) is 4.14. The summed E-state index contributed by atoms with van der Waals surface area (Å²) >= 11 is 0. The summed E-state index contributed by atoms with van der Waals surface area (Å²) in [5.74, 6) is 2.01. The molecule has 1 aliphatic carbocycles. The van der Waals surface area contributed by atoms with E-state index in [0.717, 1.165) is 22.8 Å². The molecule has 96 valence electrons. The maximum atomic E-state index is 4.64. The van der Waals surface area contributed by atoms with E-state index in [9.17, 15) is 0 Å². The third-order valence-electron chi connectivity index (χ3n) is 3.74. The Bertz CT molecular complexity index is 494. The lowest BCUT2D eigenvalue weighted by molar-refractivity contribution is 0.429. The fourth-order valence-corrected chi connectivity index (χ4v) is 2.60. The summed E-state index contributed by atoms with van der Waals surface area (Å²) in [6, 6.07) is 9.05. The Morgan fingerprint density at radius 1 is 1.33 bits per heavy atom. The van der Waals surface area contributed by atoms with Crippen LogP contribution in [0.2, 0.25) is 0 Å². The van der Waals surface area contributed by atoms with Crippen molar-refractivity contribution in [2.24, 2.45) is 5.92 Å². The van der Waals surface area contributed by atoms with Gasteiger partial charge in [0.2, 0.25) is 0 Å². The first-order valence-electron chi connectivity index (χ1n) is 6.93. The topological polar surface area (TPSA) is 40.7 Å². The van der Waals surface area contributed by atoms with Gasteiger partial charge < -0.3 is 10.3 Å². The van der Waals surface area contributed by atoms with Gasteiger partial charge in [-0.15, -0.1) is 0 Å². The quantitative estimate of drug-likeness (QED) is 0.845. The van der Waals surface area contributed by atoms with Crippen molar-refractivity contribution in [1.29, 1.82) is 0 Å². The maximum Gasteiger partial charge on any atom is 0.124 e. The van der Waals surface area contributed by atoms with Crippen LogP contribution in [0.5, 0.6) is 0 Å². The van der Waals surface area contributed by atoms with Gasteiger partial charge in [-0.2, -0.15) is 0 Å². The van der Waals surface area contributed by atoms with E-state index in [2.05, 4.69) is 41.3 Å². The maximum absolute atomic E-state index is 4.64. The highest BCUT2D eigenvalue weighted by molar-refractivity contribution is 5.74. The van der Waals surface area contributed by atoms with E-state index in [-0.39, 0.29) is 6.04 Å². The molecule has 1 heterocycles. The average molecular weight is 243 g/mol. The van der Waals surface area contributed by atoms with Crippen LogP contribution in [0.25, 0.3) is 11.0 Å². The monoisotopic (exact) mass is 243 g/mol. The molecule has 18 heavy (non-hydrogen) atoms. The SMILES string of the molecule is CC(CC1CC1)NC(C)c1nc2ccccc2[nH]1. The van der Waals surface area contributed by atoms with Crippen LogP contribution in [-0.4, -0.2) is 16.0 Å². The van der Waals surface area contributed by atoms with Crippen molar-refractivity contribution in [1.82, 2.24) is 15.3 Å². The molecule has 1 aromatic carbocycles. The van der Waals surface area contributed by atoms with Crippen molar-refractivity contribution in [3.05, 3.63) is 30.1 Å². The zero-order valence-corrected chi connectivity index (χ0v) is 11.1. The molecule has 0 radical (unpaired) electrons. The lowest BCUT2D eigenvalue weighted by Crippen LogP contribution is -2.29. The van der Waals surface area contributed by atoms with Crippen molar-refractivity contribution in [2.75, 3.05) is 0 Å². The highest BCUT2D eigenvalue weighted by Gasteiger charge is 2.24. The van der Waals surface area contributed by atoms with Crippen LogP contribution in [0.3, 0.4) is 0 Å². The molecule has 0 saturated heterocycles. The number of nitrogens with zero attached hydrogens (tertiary/aromatic N) is 1. The van der Waals surface area contributed by atoms with Crippen LogP contribution >= 0.6 is 0 Å². The molecule has 0 amide bonds. The molecule has 0 bridgehead atoms. The molecule has 3 heteroatoms. The standard InChI is InChI=1S/C15H21N3/c1-10(9-12-7-8-12)16-11(2)15-17-13-5-3-4-6-14(13)18-15/h3-6,10-12,16H,7-9H2,1-2H3,(H,17,18). The van der Waals surface area contributed by atoms with Crippen LogP contribution in [0.4, 0.5) is 0 Å². The van der Waals surface area contributed by atoms with Gasteiger partial charge in [0.15, 0.2) is 0 Å². The van der Waals surface area contributed by atoms with Crippen molar-refractivity contribution >= 4 is 11.0 Å². The van der Waals surface area contributed by atoms with E-state index in [1.54, 1.807) is 0 Å². The number of nitrogens with one attached hydrogen (secondary N) is 2. The highest BCUT2D eigenvalue weighted by atomic mass is 15.0. The summed E-state index contributed by atoms with van der Waals surface area (Å²) in [5.41, 5.74) is 2.17. The Hall–Kier alpha value is -1.35. The van der Waals surface area contributed by atoms with Gasteiger partial charge in [0, 0.05) is 6.04 Å². The predicted octanol–water partition coefficient (Wildman–Crippen LogP) is 3.40. The fourth-order valence-electron chi connectivity index (χ4n) is 2.60. The number of rotatable bonds is 5. The number of aromatic nitrogens is 2. The molecule has 2 N–H and O–H groups in total. The van der Waals surface area contributed by atoms with Gasteiger partial charge in [0.1, 0.15) is 5.82 Å². The zero-order chi connectivity index (χ0) is 12.5. The summed E-state index contributed by atoms with van der Waals surface area (Å²) in [4.78, 5) is 8.04. The molecule has 0 aliphatic heterocycles. The molecule has 3 rings (SSSR count). The second kappa shape index (κ2) is 4.73. The summed E-state index contributed by atoms with van der Waals surface area (Å²) in [5, 5.41) is 3.63. The number of imidazole rings is 1. The van der Waals surface area contributed by atoms with Gasteiger partial charge in [-0.3, -0.25) is 0 Å². The summed E-state index contributed by atoms with van der Waals surface area (Å²) in [6.45, 7) is 4.46. The Labute approximate surface area is 108 Å². The molecule has 1 saturated carbocycles. The molecule has 3 nitrogen and oxygen atoms in total. The number of hydrogen-bond acceptors (Lipinski definition) is 2. The van der Waals surface area contributed by atoms with Gasteiger partial charge in [-0.25, -0.2) is 4.98 Å². The molecule has 1 aromatic heterocycles. The Morgan fingerprint density at radius 2 is 2.11 bits per heavy atom. The minimum absolute atomic E-state index is 0.283. The minimum atomic E-state index is 0.283. The molecule has 2 unspecified atom stereocenters. The van der Waals surface area contributed by atoms with Gasteiger partial charge in [-0.05, 0) is 38.3 Å². The smallest absolute Gasteiger partial charge is 0.124 e. The van der Waals surface area contributed by atoms with E-state index >= 15 is 0 Å². The number of benzene rings is 1. The molecule has 2 atom stereocenters. The van der Waals surface area contributed by atoms with Gasteiger partial charge in [0.25, 0.3) is 0 Å². The third-order valence-corrected chi connectivity index (χ3v) is 3.74. The number of H-pyrrole nitrogens is 1. The number of fused-ring (bicyclic) bond motifs is 1. The van der Waals surface area contributed by atoms with E-state index in [0.29, 0.717) is 6.04 Å². The Morgan fingerprint density at radius 3 is 2.83 bits per heavy atom. The lowest BCUT2D eigenvalue weighted by Gasteiger charge is -2.18. The second-order valence-electron chi connectivity index (χ2n) is 5.61. The van der Waals surface area contributed by atoms with Crippen molar-refractivity contribution < 1.29 is 0 Å². The summed E-state index contributed by atoms with van der Waals surface area (Å²) < 4.78 is 0. The highest BCUT2D eigenvalue weighted by Crippen LogP contribution is 2.33. The van der Waals surface area contributed by atoms with Crippen molar-refractivity contribution in [2.45, 2.75) is 45.2 Å². The molecule has 1 fully saturated rings. The third kappa shape index (κ3) is 2.56. The molecular weight excluding hydrogens is 222 g/mol. The van der Waals surface area contributed by atoms with E-state index < -0.39 is 0 Å². The van der Waals surface area contributed by atoms with Crippen LogP contribution in [0.1, 0.15) is 45.0 Å². The van der Waals surface area contributed by atoms with Gasteiger partial charge in [-0.1, -0.05) is 25.0 Å². The molecule has 0 spiro atoms. The molecule has 1 aliphatic rings. The van der Waals surface area contributed by atoms with E-state index in [4.69, 9.17) is 0 Å². The first-order chi connectivity index (χ1) is 8.72. The van der Waals surface area contributed by atoms with E-state index in [1.165, 1.54) is 19.3 Å². The average Bonchev–Trinajstić information content (AvgIpc) is 3.05. The predicted molar refractivity (Wildman–Crippen MR) is 74.4 cm³/mol. The van der Waals surface area contributed by atoms with Crippen LogP contribution in [0, 0.1) is 5.92 Å².